The molecule has 1 rings (SSSR count). The van der Waals surface area contributed by atoms with Gasteiger partial charge in [0.25, 0.3) is 0 Å². The fraction of sp³-hybridized carbons (Fsp3) is 0.778. The second kappa shape index (κ2) is 2.75. The number of aliphatic hydroxyl groups excluding tert-OH is 1. The first-order valence-electron chi connectivity index (χ1n) is 3.96. The van der Waals surface area contributed by atoms with Gasteiger partial charge in [-0.25, -0.2) is 0 Å². The molecule has 0 bridgehead atoms. The Morgan fingerprint density at radius 2 is 2.10 bits per heavy atom. The van der Waals surface area contributed by atoms with Crippen LogP contribution >= 0.6 is 0 Å². The molecule has 1 aliphatic rings. The van der Waals surface area contributed by atoms with Crippen LogP contribution in [-0.4, -0.2) is 11.2 Å². The molecule has 0 radical (unpaired) electrons. The van der Waals surface area contributed by atoms with Gasteiger partial charge in [0.15, 0.2) is 0 Å². The van der Waals surface area contributed by atoms with Crippen molar-refractivity contribution in [3.05, 3.63) is 12.2 Å². The van der Waals surface area contributed by atoms with Crippen LogP contribution in [0, 0.1) is 11.8 Å². The summed E-state index contributed by atoms with van der Waals surface area (Å²) in [4.78, 5) is 0. The highest BCUT2D eigenvalue weighted by Gasteiger charge is 2.31. The largest absolute Gasteiger partial charge is 0.392 e. The van der Waals surface area contributed by atoms with Gasteiger partial charge in [0.1, 0.15) is 0 Å². The van der Waals surface area contributed by atoms with E-state index in [1.54, 1.807) is 0 Å². The summed E-state index contributed by atoms with van der Waals surface area (Å²) in [6, 6.07) is 0. The van der Waals surface area contributed by atoms with Crippen LogP contribution < -0.4 is 0 Å². The molecule has 1 fully saturated rings. The molecule has 58 valence electrons. The van der Waals surface area contributed by atoms with E-state index in [1.807, 2.05) is 6.92 Å². The van der Waals surface area contributed by atoms with E-state index in [9.17, 15) is 5.11 Å². The Kier molecular flexibility index (Phi) is 2.14. The minimum absolute atomic E-state index is 0.127. The topological polar surface area (TPSA) is 20.2 Å². The van der Waals surface area contributed by atoms with Crippen molar-refractivity contribution in [1.29, 1.82) is 0 Å². The molecular formula is C9H16O. The van der Waals surface area contributed by atoms with Crippen LogP contribution in [-0.2, 0) is 0 Å². The van der Waals surface area contributed by atoms with Crippen molar-refractivity contribution in [2.45, 2.75) is 32.8 Å². The normalized spacial score (nSPS) is 40.1. The maximum Gasteiger partial charge on any atom is 0.0630 e. The molecule has 0 spiro atoms. The molecule has 0 amide bonds. The van der Waals surface area contributed by atoms with Crippen LogP contribution in [0.4, 0.5) is 0 Å². The van der Waals surface area contributed by atoms with Gasteiger partial charge in [-0.2, -0.15) is 0 Å². The molecule has 10 heavy (non-hydrogen) atoms. The fourth-order valence-corrected chi connectivity index (χ4v) is 1.72. The maximum absolute atomic E-state index is 9.57. The first kappa shape index (κ1) is 7.80. The van der Waals surface area contributed by atoms with E-state index < -0.39 is 0 Å². The van der Waals surface area contributed by atoms with Gasteiger partial charge in [0.05, 0.1) is 6.10 Å². The Bertz CT molecular complexity index is 140. The number of aliphatic hydroxyl groups is 1. The lowest BCUT2D eigenvalue weighted by atomic mass is 9.96. The second-order valence-electron chi connectivity index (χ2n) is 3.50. The molecule has 1 saturated carbocycles. The standard InChI is InChI=1S/C9H16O/c1-6(2)8-5-4-7(3)9(8)10/h7-10H,1,4-5H2,2-3H3/t7?,8-,9+/m1/s1. The summed E-state index contributed by atoms with van der Waals surface area (Å²) in [5.41, 5.74) is 1.14. The Labute approximate surface area is 62.8 Å². The summed E-state index contributed by atoms with van der Waals surface area (Å²) in [6.45, 7) is 7.97. The lowest BCUT2D eigenvalue weighted by Crippen LogP contribution is -2.19. The lowest BCUT2D eigenvalue weighted by Gasteiger charge is -2.16. The van der Waals surface area contributed by atoms with E-state index in [4.69, 9.17) is 0 Å². The molecule has 0 heterocycles. The number of hydrogen-bond acceptors (Lipinski definition) is 1. The van der Waals surface area contributed by atoms with Gasteiger partial charge in [-0.3, -0.25) is 0 Å². The predicted molar refractivity (Wildman–Crippen MR) is 42.7 cm³/mol. The van der Waals surface area contributed by atoms with Crippen LogP contribution in [0.3, 0.4) is 0 Å². The average molecular weight is 140 g/mol. The molecule has 1 N–H and O–H groups in total. The third kappa shape index (κ3) is 1.24. The maximum atomic E-state index is 9.57. The molecule has 1 heteroatoms. The van der Waals surface area contributed by atoms with Crippen LogP contribution in [0.15, 0.2) is 12.2 Å². The van der Waals surface area contributed by atoms with E-state index in [1.165, 1.54) is 0 Å². The van der Waals surface area contributed by atoms with Crippen molar-refractivity contribution in [2.75, 3.05) is 0 Å². The monoisotopic (exact) mass is 140 g/mol. The van der Waals surface area contributed by atoms with Gasteiger partial charge < -0.3 is 5.11 Å². The van der Waals surface area contributed by atoms with Crippen LogP contribution in [0.5, 0.6) is 0 Å². The van der Waals surface area contributed by atoms with Crippen molar-refractivity contribution in [3.63, 3.8) is 0 Å². The van der Waals surface area contributed by atoms with E-state index in [2.05, 4.69) is 13.5 Å². The zero-order valence-corrected chi connectivity index (χ0v) is 6.80. The van der Waals surface area contributed by atoms with E-state index in [0.29, 0.717) is 11.8 Å². The summed E-state index contributed by atoms with van der Waals surface area (Å²) < 4.78 is 0. The lowest BCUT2D eigenvalue weighted by molar-refractivity contribution is 0.111. The molecule has 0 aromatic rings. The predicted octanol–water partition coefficient (Wildman–Crippen LogP) is 1.97. The highest BCUT2D eigenvalue weighted by atomic mass is 16.3. The Morgan fingerprint density at radius 1 is 1.50 bits per heavy atom. The van der Waals surface area contributed by atoms with Crippen molar-refractivity contribution in [1.82, 2.24) is 0 Å². The summed E-state index contributed by atoms with van der Waals surface area (Å²) in [5.74, 6) is 0.844. The van der Waals surface area contributed by atoms with Crippen molar-refractivity contribution in [3.8, 4) is 0 Å². The molecule has 0 saturated heterocycles. The zero-order valence-electron chi connectivity index (χ0n) is 6.80. The third-order valence-electron chi connectivity index (χ3n) is 2.56. The van der Waals surface area contributed by atoms with Gasteiger partial charge in [-0.1, -0.05) is 19.1 Å². The van der Waals surface area contributed by atoms with Gasteiger partial charge in [-0.15, -0.1) is 0 Å². The number of hydrogen-bond donors (Lipinski definition) is 1. The molecule has 0 aromatic heterocycles. The second-order valence-corrected chi connectivity index (χ2v) is 3.50. The Morgan fingerprint density at radius 3 is 2.30 bits per heavy atom. The van der Waals surface area contributed by atoms with E-state index >= 15 is 0 Å². The molecule has 1 aliphatic carbocycles. The summed E-state index contributed by atoms with van der Waals surface area (Å²) >= 11 is 0. The van der Waals surface area contributed by atoms with E-state index in [-0.39, 0.29) is 6.10 Å². The number of rotatable bonds is 1. The zero-order chi connectivity index (χ0) is 7.72. The highest BCUT2D eigenvalue weighted by molar-refractivity contribution is 5.03. The first-order chi connectivity index (χ1) is 4.63. The van der Waals surface area contributed by atoms with Gasteiger partial charge in [0, 0.05) is 5.92 Å². The van der Waals surface area contributed by atoms with Gasteiger partial charge in [-0.05, 0) is 25.7 Å². The molecule has 0 aliphatic heterocycles. The summed E-state index contributed by atoms with van der Waals surface area (Å²) in [5, 5.41) is 9.57. The van der Waals surface area contributed by atoms with Gasteiger partial charge in [0.2, 0.25) is 0 Å². The minimum atomic E-state index is -0.127. The van der Waals surface area contributed by atoms with Crippen LogP contribution in [0.25, 0.3) is 0 Å². The molecule has 0 aromatic carbocycles. The molecule has 1 nitrogen and oxygen atoms in total. The summed E-state index contributed by atoms with van der Waals surface area (Å²) in [7, 11) is 0. The molecule has 1 unspecified atom stereocenters. The van der Waals surface area contributed by atoms with E-state index in [0.717, 1.165) is 18.4 Å². The quantitative estimate of drug-likeness (QED) is 0.552. The van der Waals surface area contributed by atoms with Gasteiger partial charge >= 0.3 is 0 Å². The Hall–Kier alpha value is -0.300. The smallest absolute Gasteiger partial charge is 0.0630 e. The van der Waals surface area contributed by atoms with Crippen molar-refractivity contribution >= 4 is 0 Å². The SMILES string of the molecule is C=C(C)[C@H]1CCC(C)[C@@H]1O. The minimum Gasteiger partial charge on any atom is -0.392 e. The van der Waals surface area contributed by atoms with Crippen LogP contribution in [0.2, 0.25) is 0 Å². The van der Waals surface area contributed by atoms with Crippen LogP contribution in [0.1, 0.15) is 26.7 Å². The van der Waals surface area contributed by atoms with Crippen molar-refractivity contribution < 1.29 is 5.11 Å². The average Bonchev–Trinajstić information content (AvgIpc) is 2.14. The Balaban J connectivity index is 2.57. The van der Waals surface area contributed by atoms with Crippen molar-refractivity contribution in [2.24, 2.45) is 11.8 Å². The first-order valence-corrected chi connectivity index (χ1v) is 3.96. The fourth-order valence-electron chi connectivity index (χ4n) is 1.72. The highest BCUT2D eigenvalue weighted by Crippen LogP contribution is 2.34. The third-order valence-corrected chi connectivity index (χ3v) is 2.56. The molecule has 3 atom stereocenters. The summed E-state index contributed by atoms with van der Waals surface area (Å²) in [6.07, 6.45) is 2.15. The molecular weight excluding hydrogens is 124 g/mol.